The van der Waals surface area contributed by atoms with Gasteiger partial charge in [-0.15, -0.1) is 0 Å². The monoisotopic (exact) mass is 472 g/mol. The topological polar surface area (TPSA) is 0 Å². The molecule has 0 N–H and O–H groups in total. The molecule has 0 aliphatic carbocycles. The molecule has 0 spiro atoms. The Bertz CT molecular complexity index is 422. The van der Waals surface area contributed by atoms with Gasteiger partial charge in [0.2, 0.25) is 0 Å². The van der Waals surface area contributed by atoms with E-state index in [2.05, 4.69) is 56.1 Å². The number of hydrogen-bond donors (Lipinski definition) is 0. The van der Waals surface area contributed by atoms with Crippen molar-refractivity contribution in [2.45, 2.75) is 0 Å². The summed E-state index contributed by atoms with van der Waals surface area (Å²) < 4.78 is 4.70. The van der Waals surface area contributed by atoms with Crippen LogP contribution >= 0.6 is 59.5 Å². The molecule has 0 bridgehead atoms. The number of benzene rings is 2. The van der Waals surface area contributed by atoms with E-state index in [9.17, 15) is 0 Å². The summed E-state index contributed by atoms with van der Waals surface area (Å²) in [5.74, 6) is 0. The van der Waals surface area contributed by atoms with E-state index < -0.39 is 18.7 Å². The van der Waals surface area contributed by atoms with Crippen molar-refractivity contribution in [1.29, 1.82) is 0 Å². The first-order valence-electron chi connectivity index (χ1n) is 4.54. The second-order valence-electron chi connectivity index (χ2n) is 3.11. The van der Waals surface area contributed by atoms with Crippen molar-refractivity contribution < 1.29 is 0 Å². The Morgan fingerprint density at radius 1 is 0.688 bits per heavy atom. The molecule has 0 nitrogen and oxygen atoms in total. The second kappa shape index (κ2) is 5.85. The Labute approximate surface area is 123 Å². The van der Waals surface area contributed by atoms with E-state index in [1.54, 1.807) is 0 Å². The van der Waals surface area contributed by atoms with Crippen molar-refractivity contribution >= 4 is 59.5 Å². The number of rotatable bonds is 2. The van der Waals surface area contributed by atoms with Gasteiger partial charge < -0.3 is 0 Å². The molecule has 16 heavy (non-hydrogen) atoms. The van der Waals surface area contributed by atoms with E-state index in [1.165, 1.54) is 7.14 Å². The molecule has 0 aliphatic rings. The first-order valence-corrected chi connectivity index (χ1v) is 11.0. The summed E-state index contributed by atoms with van der Waals surface area (Å²) in [4.78, 5) is 0. The molecule has 2 rings (SSSR count). The fourth-order valence-electron chi connectivity index (χ4n) is 1.21. The van der Waals surface area contributed by atoms with Gasteiger partial charge >= 0.3 is 124 Å². The van der Waals surface area contributed by atoms with Gasteiger partial charge in [0.25, 0.3) is 0 Å². The molecule has 0 radical (unpaired) electrons. The van der Waals surface area contributed by atoms with Crippen molar-refractivity contribution in [3.63, 3.8) is 0 Å². The predicted molar refractivity (Wildman–Crippen MR) is 85.6 cm³/mol. The minimum atomic E-state index is -1.71. The average Bonchev–Trinajstić information content (AvgIpc) is 2.30. The molecule has 2 aromatic carbocycles. The van der Waals surface area contributed by atoms with Gasteiger partial charge in [0.1, 0.15) is 0 Å². The summed E-state index contributed by atoms with van der Waals surface area (Å²) in [7, 11) is 6.56. The van der Waals surface area contributed by atoms with E-state index in [0.717, 1.165) is 8.95 Å². The molecule has 0 aliphatic heterocycles. The van der Waals surface area contributed by atoms with Gasteiger partial charge in [-0.25, -0.2) is 0 Å². The molecule has 0 unspecified atom stereocenters. The third kappa shape index (κ3) is 3.22. The molecular formula is C12H8Br2ClI. The standard InChI is InChI=1S/C12H8Br2ClI/c13-9-1-5-11(6-2-9)16(15)12-7-3-10(14)4-8-12/h1-8H. The van der Waals surface area contributed by atoms with Crippen molar-refractivity contribution in [3.8, 4) is 0 Å². The van der Waals surface area contributed by atoms with Crippen molar-refractivity contribution in [2.24, 2.45) is 0 Å². The zero-order valence-electron chi connectivity index (χ0n) is 8.13. The third-order valence-corrected chi connectivity index (χ3v) is 8.89. The van der Waals surface area contributed by atoms with Crippen LogP contribution in [0.4, 0.5) is 0 Å². The van der Waals surface area contributed by atoms with Crippen LogP contribution in [0.2, 0.25) is 0 Å². The molecular weight excluding hydrogens is 466 g/mol. The Morgan fingerprint density at radius 3 is 1.31 bits per heavy atom. The van der Waals surface area contributed by atoms with Crippen LogP contribution in [0.25, 0.3) is 0 Å². The molecule has 0 amide bonds. The fraction of sp³-hybridized carbons (Fsp3) is 0. The summed E-state index contributed by atoms with van der Waals surface area (Å²) in [5.41, 5.74) is 0. The van der Waals surface area contributed by atoms with Gasteiger partial charge in [-0.2, -0.15) is 0 Å². The summed E-state index contributed by atoms with van der Waals surface area (Å²) >= 11 is 5.14. The summed E-state index contributed by atoms with van der Waals surface area (Å²) in [6.45, 7) is 0. The van der Waals surface area contributed by atoms with Crippen LogP contribution in [0, 0.1) is 7.14 Å². The molecule has 84 valence electrons. The Hall–Kier alpha value is 0.420. The van der Waals surface area contributed by atoms with Gasteiger partial charge in [0.05, 0.1) is 0 Å². The zero-order chi connectivity index (χ0) is 11.5. The maximum atomic E-state index is 6.56. The van der Waals surface area contributed by atoms with E-state index in [1.807, 2.05) is 24.3 Å². The predicted octanol–water partition coefficient (Wildman–Crippen LogP) is 5.91. The first kappa shape index (κ1) is 12.9. The Morgan fingerprint density at radius 2 is 1.00 bits per heavy atom. The molecule has 0 atom stereocenters. The van der Waals surface area contributed by atoms with Crippen molar-refractivity contribution in [1.82, 2.24) is 0 Å². The molecule has 2 aromatic rings. The molecule has 0 saturated heterocycles. The second-order valence-corrected chi connectivity index (χ2v) is 10.7. The third-order valence-electron chi connectivity index (χ3n) is 1.99. The quantitative estimate of drug-likeness (QED) is 0.475. The van der Waals surface area contributed by atoms with Crippen LogP contribution in [0.1, 0.15) is 0 Å². The van der Waals surface area contributed by atoms with E-state index >= 15 is 0 Å². The molecule has 0 aromatic heterocycles. The van der Waals surface area contributed by atoms with Crippen LogP contribution in [0.15, 0.2) is 57.5 Å². The minimum absolute atomic E-state index is 1.09. The summed E-state index contributed by atoms with van der Waals surface area (Å²) in [6.07, 6.45) is 0. The first-order chi connectivity index (χ1) is 7.66. The SMILES string of the molecule is ClI(c1ccc(Br)cc1)c1ccc(Br)cc1. The van der Waals surface area contributed by atoms with Crippen LogP contribution in [0.5, 0.6) is 0 Å². The van der Waals surface area contributed by atoms with Crippen LogP contribution in [-0.4, -0.2) is 0 Å². The normalized spacial score (nSPS) is 11.3. The zero-order valence-corrected chi connectivity index (χ0v) is 14.2. The molecule has 4 heteroatoms. The number of halogens is 4. The molecule has 0 saturated carbocycles. The number of hydrogen-bond acceptors (Lipinski definition) is 0. The maximum absolute atomic E-state index is 6.56. The Kier molecular flexibility index (Phi) is 4.70. The van der Waals surface area contributed by atoms with E-state index in [4.69, 9.17) is 8.91 Å². The van der Waals surface area contributed by atoms with Crippen LogP contribution in [0.3, 0.4) is 0 Å². The average molecular weight is 474 g/mol. The summed E-state index contributed by atoms with van der Waals surface area (Å²) in [6, 6.07) is 16.6. The molecule has 0 heterocycles. The van der Waals surface area contributed by atoms with Crippen LogP contribution in [-0.2, 0) is 0 Å². The summed E-state index contributed by atoms with van der Waals surface area (Å²) in [5, 5.41) is 0. The van der Waals surface area contributed by atoms with Gasteiger partial charge in [0, 0.05) is 0 Å². The van der Waals surface area contributed by atoms with Gasteiger partial charge in [0.15, 0.2) is 0 Å². The van der Waals surface area contributed by atoms with Crippen LogP contribution < -0.4 is 0 Å². The fourth-order valence-corrected chi connectivity index (χ4v) is 5.71. The van der Waals surface area contributed by atoms with E-state index in [-0.39, 0.29) is 0 Å². The molecule has 0 fully saturated rings. The van der Waals surface area contributed by atoms with Gasteiger partial charge in [-0.3, -0.25) is 0 Å². The van der Waals surface area contributed by atoms with E-state index in [0.29, 0.717) is 0 Å². The van der Waals surface area contributed by atoms with Crippen molar-refractivity contribution in [3.05, 3.63) is 64.6 Å². The van der Waals surface area contributed by atoms with Gasteiger partial charge in [-0.1, -0.05) is 0 Å². The Balaban J connectivity index is 2.28. The van der Waals surface area contributed by atoms with Gasteiger partial charge in [-0.05, 0) is 0 Å². The van der Waals surface area contributed by atoms with Crippen molar-refractivity contribution in [2.75, 3.05) is 0 Å².